The van der Waals surface area contributed by atoms with E-state index in [1.54, 1.807) is 5.57 Å². The maximum absolute atomic E-state index is 3.65. The van der Waals surface area contributed by atoms with Crippen molar-refractivity contribution in [3.63, 3.8) is 0 Å². The summed E-state index contributed by atoms with van der Waals surface area (Å²) in [5, 5.41) is 0. The van der Waals surface area contributed by atoms with Crippen LogP contribution in [-0.2, 0) is 0 Å². The molecular weight excluding hydrogens is 354 g/mol. The van der Waals surface area contributed by atoms with Gasteiger partial charge in [-0.1, -0.05) is 51.5 Å². The number of rotatable bonds is 0. The third-order valence-electron chi connectivity index (χ3n) is 4.53. The summed E-state index contributed by atoms with van der Waals surface area (Å²) in [6.07, 6.45) is 2.35. The summed E-state index contributed by atoms with van der Waals surface area (Å²) in [7, 11) is 2.22. The molecule has 0 atom stereocenters. The molecule has 1 saturated heterocycles. The lowest BCUT2D eigenvalue weighted by Crippen LogP contribution is -2.27. The first-order chi connectivity index (χ1) is 10.7. The largest absolute Gasteiger partial charge is 0.306 e. The number of likely N-dealkylation sites (tertiary alicyclic amines) is 1. The van der Waals surface area contributed by atoms with Crippen molar-refractivity contribution in [2.24, 2.45) is 0 Å². The minimum absolute atomic E-state index is 1.16. The van der Waals surface area contributed by atoms with Crippen molar-refractivity contribution in [1.29, 1.82) is 0 Å². The molecule has 0 bridgehead atoms. The van der Waals surface area contributed by atoms with Gasteiger partial charge < -0.3 is 4.90 Å². The fraction of sp³-hybridized carbons (Fsp3) is 0.263. The van der Waals surface area contributed by atoms with Crippen molar-refractivity contribution in [2.75, 3.05) is 20.1 Å². The average Bonchev–Trinajstić information content (AvgIpc) is 2.54. The van der Waals surface area contributed by atoms with E-state index in [1.165, 1.54) is 39.3 Å². The Kier molecular flexibility index (Phi) is 3.89. The monoisotopic (exact) mass is 371 g/mol. The summed E-state index contributed by atoms with van der Waals surface area (Å²) in [4.78, 5) is 5.19. The quantitative estimate of drug-likeness (QED) is 0.517. The first-order valence-corrected chi connectivity index (χ1v) is 9.31. The Balaban J connectivity index is 1.93. The van der Waals surface area contributed by atoms with E-state index in [0.29, 0.717) is 0 Å². The van der Waals surface area contributed by atoms with Crippen molar-refractivity contribution >= 4 is 33.3 Å². The van der Waals surface area contributed by atoms with E-state index in [1.807, 2.05) is 11.8 Å². The Bertz CT molecular complexity index is 756. The fourth-order valence-electron chi connectivity index (χ4n) is 3.33. The summed E-state index contributed by atoms with van der Waals surface area (Å²) in [5.74, 6) is 0. The normalized spacial score (nSPS) is 18.1. The second-order valence-corrected chi connectivity index (χ2v) is 8.02. The van der Waals surface area contributed by atoms with Crippen LogP contribution in [0, 0.1) is 0 Å². The molecule has 112 valence electrons. The van der Waals surface area contributed by atoms with Crippen LogP contribution < -0.4 is 0 Å². The topological polar surface area (TPSA) is 3.24 Å². The number of nitrogens with zero attached hydrogens (tertiary/aromatic N) is 1. The molecule has 2 heterocycles. The molecular formula is C19H18BrNS. The molecule has 2 aromatic rings. The minimum Gasteiger partial charge on any atom is -0.306 e. The van der Waals surface area contributed by atoms with E-state index < -0.39 is 0 Å². The summed E-state index contributed by atoms with van der Waals surface area (Å²) >= 11 is 5.55. The van der Waals surface area contributed by atoms with Gasteiger partial charge in [0.1, 0.15) is 0 Å². The molecule has 0 aliphatic carbocycles. The molecule has 1 nitrogen and oxygen atoms in total. The van der Waals surface area contributed by atoms with Crippen LogP contribution in [0.25, 0.3) is 5.57 Å². The van der Waals surface area contributed by atoms with E-state index in [9.17, 15) is 0 Å². The predicted octanol–water partition coefficient (Wildman–Crippen LogP) is 5.44. The van der Waals surface area contributed by atoms with Gasteiger partial charge in [0.2, 0.25) is 0 Å². The van der Waals surface area contributed by atoms with Gasteiger partial charge in [-0.3, -0.25) is 0 Å². The molecule has 0 unspecified atom stereocenters. The third-order valence-corrected chi connectivity index (χ3v) is 6.18. The number of piperidine rings is 1. The van der Waals surface area contributed by atoms with E-state index in [2.05, 4.69) is 70.3 Å². The van der Waals surface area contributed by atoms with Crippen LogP contribution in [0.1, 0.15) is 24.0 Å². The fourth-order valence-corrected chi connectivity index (χ4v) is 4.76. The lowest BCUT2D eigenvalue weighted by molar-refractivity contribution is 0.313. The Labute approximate surface area is 144 Å². The van der Waals surface area contributed by atoms with Gasteiger partial charge in [-0.2, -0.15) is 0 Å². The maximum atomic E-state index is 3.65. The molecule has 0 radical (unpaired) electrons. The van der Waals surface area contributed by atoms with Crippen LogP contribution >= 0.6 is 27.7 Å². The van der Waals surface area contributed by atoms with Crippen LogP contribution in [0.5, 0.6) is 0 Å². The van der Waals surface area contributed by atoms with Gasteiger partial charge in [-0.05, 0) is 60.9 Å². The summed E-state index contributed by atoms with van der Waals surface area (Å²) in [6, 6.07) is 15.5. The number of halogens is 1. The highest BCUT2D eigenvalue weighted by Crippen LogP contribution is 2.48. The molecule has 1 fully saturated rings. The van der Waals surface area contributed by atoms with E-state index in [0.717, 1.165) is 17.6 Å². The van der Waals surface area contributed by atoms with Crippen molar-refractivity contribution in [3.05, 3.63) is 63.6 Å². The molecule has 0 amide bonds. The van der Waals surface area contributed by atoms with Crippen LogP contribution in [0.3, 0.4) is 0 Å². The zero-order valence-corrected chi connectivity index (χ0v) is 15.0. The first-order valence-electron chi connectivity index (χ1n) is 7.70. The molecule has 4 rings (SSSR count). The molecule has 3 heteroatoms. The van der Waals surface area contributed by atoms with Crippen molar-refractivity contribution in [1.82, 2.24) is 4.90 Å². The van der Waals surface area contributed by atoms with Gasteiger partial charge >= 0.3 is 0 Å². The zero-order valence-electron chi connectivity index (χ0n) is 12.6. The summed E-state index contributed by atoms with van der Waals surface area (Å²) in [5.41, 5.74) is 5.92. The Hall–Kier alpha value is -1.03. The maximum Gasteiger partial charge on any atom is 0.0202 e. The van der Waals surface area contributed by atoms with Crippen LogP contribution in [0.2, 0.25) is 0 Å². The van der Waals surface area contributed by atoms with Gasteiger partial charge in [0.15, 0.2) is 0 Å². The van der Waals surface area contributed by atoms with E-state index in [4.69, 9.17) is 0 Å². The second kappa shape index (κ2) is 5.88. The number of hydrogen-bond acceptors (Lipinski definition) is 2. The summed E-state index contributed by atoms with van der Waals surface area (Å²) in [6.45, 7) is 2.33. The van der Waals surface area contributed by atoms with Crippen LogP contribution in [0.15, 0.2) is 62.3 Å². The lowest BCUT2D eigenvalue weighted by Gasteiger charge is -2.30. The van der Waals surface area contributed by atoms with Crippen molar-refractivity contribution in [3.8, 4) is 0 Å². The molecule has 2 aliphatic rings. The first kappa shape index (κ1) is 14.6. The van der Waals surface area contributed by atoms with Gasteiger partial charge in [-0.25, -0.2) is 0 Å². The van der Waals surface area contributed by atoms with Gasteiger partial charge in [0.25, 0.3) is 0 Å². The van der Waals surface area contributed by atoms with E-state index in [-0.39, 0.29) is 0 Å². The second-order valence-electron chi connectivity index (χ2n) is 6.02. The molecule has 22 heavy (non-hydrogen) atoms. The van der Waals surface area contributed by atoms with E-state index >= 15 is 0 Å². The SMILES string of the molecule is CN1CCC(=C2c3ccccc3Sc3ccc(Br)cc32)CC1. The average molecular weight is 372 g/mol. The number of benzene rings is 2. The van der Waals surface area contributed by atoms with Crippen LogP contribution in [0.4, 0.5) is 0 Å². The zero-order chi connectivity index (χ0) is 15.1. The number of hydrogen-bond donors (Lipinski definition) is 0. The smallest absolute Gasteiger partial charge is 0.0202 e. The molecule has 0 spiro atoms. The number of fused-ring (bicyclic) bond motifs is 2. The van der Waals surface area contributed by atoms with Crippen LogP contribution in [-0.4, -0.2) is 25.0 Å². The molecule has 0 saturated carbocycles. The van der Waals surface area contributed by atoms with Crippen molar-refractivity contribution < 1.29 is 0 Å². The van der Waals surface area contributed by atoms with Gasteiger partial charge in [0.05, 0.1) is 0 Å². The molecule has 2 aliphatic heterocycles. The van der Waals surface area contributed by atoms with Crippen molar-refractivity contribution in [2.45, 2.75) is 22.6 Å². The van der Waals surface area contributed by atoms with Gasteiger partial charge in [-0.15, -0.1) is 0 Å². The summed E-state index contributed by atoms with van der Waals surface area (Å²) < 4.78 is 1.16. The Morgan fingerprint density at radius 1 is 0.955 bits per heavy atom. The minimum atomic E-state index is 1.16. The highest BCUT2D eigenvalue weighted by molar-refractivity contribution is 9.10. The lowest BCUT2D eigenvalue weighted by atomic mass is 9.88. The molecule has 0 aromatic heterocycles. The highest BCUT2D eigenvalue weighted by Gasteiger charge is 2.25. The molecule has 2 aromatic carbocycles. The Morgan fingerprint density at radius 2 is 1.68 bits per heavy atom. The third kappa shape index (κ3) is 2.55. The Morgan fingerprint density at radius 3 is 2.50 bits per heavy atom. The molecule has 0 N–H and O–H groups in total. The highest BCUT2D eigenvalue weighted by atomic mass is 79.9. The van der Waals surface area contributed by atoms with Gasteiger partial charge in [0, 0.05) is 27.4 Å². The standard InChI is InChI=1S/C19H18BrNS/c1-21-10-8-13(9-11-21)19-15-4-2-3-5-17(15)22-18-7-6-14(20)12-16(18)19/h2-7,12H,8-11H2,1H3. The predicted molar refractivity (Wildman–Crippen MR) is 97.5 cm³/mol.